The maximum atomic E-state index is 14.5. The van der Waals surface area contributed by atoms with Crippen molar-refractivity contribution >= 4 is 78.3 Å². The van der Waals surface area contributed by atoms with Crippen LogP contribution in [0.4, 0.5) is 0 Å². The van der Waals surface area contributed by atoms with Gasteiger partial charge in [-0.05, 0) is 87.1 Å². The number of hydrogen-bond donors (Lipinski definition) is 0. The average molecular weight is 793 g/mol. The Morgan fingerprint density at radius 3 is 1.30 bits per heavy atom. The van der Waals surface area contributed by atoms with Crippen LogP contribution in [0.15, 0.2) is 91.0 Å². The molecule has 0 saturated carbocycles. The number of imide groups is 2. The third-order valence-electron chi connectivity index (χ3n) is 13.2. The van der Waals surface area contributed by atoms with Crippen molar-refractivity contribution in [2.24, 2.45) is 0 Å². The number of carbonyl (C=O) groups excluding carboxylic acids is 6. The quantitative estimate of drug-likeness (QED) is 0.0498. The average Bonchev–Trinajstić information content (AvgIpc) is 3.27. The first-order chi connectivity index (χ1) is 29.2. The molecule has 2 heterocycles. The normalized spacial score (nSPS) is 14.8. The highest BCUT2D eigenvalue weighted by molar-refractivity contribution is 6.41. The molecule has 7 aromatic carbocycles. The lowest BCUT2D eigenvalue weighted by atomic mass is 9.81. The Labute approximate surface area is 347 Å². The van der Waals surface area contributed by atoms with Crippen molar-refractivity contribution in [1.29, 1.82) is 0 Å². The summed E-state index contributed by atoms with van der Waals surface area (Å²) in [5.41, 5.74) is 3.66. The minimum Gasteiger partial charge on any atom is -0.289 e. The summed E-state index contributed by atoms with van der Waals surface area (Å²) in [6.45, 7) is 4.29. The van der Waals surface area contributed by atoms with Crippen LogP contribution in [-0.4, -0.2) is 51.0 Å². The first-order valence-corrected chi connectivity index (χ1v) is 21.5. The van der Waals surface area contributed by atoms with E-state index in [4.69, 9.17) is 0 Å². The Hall–Kier alpha value is -6.54. The molecule has 0 N–H and O–H groups in total. The Morgan fingerprint density at radius 1 is 0.417 bits per heavy atom. The van der Waals surface area contributed by atoms with Crippen molar-refractivity contribution in [3.05, 3.63) is 141 Å². The summed E-state index contributed by atoms with van der Waals surface area (Å²) in [4.78, 5) is 87.2. The molecule has 0 bridgehead atoms. The van der Waals surface area contributed by atoms with Gasteiger partial charge in [-0.15, -0.1) is 0 Å². The molecule has 0 unspecified atom stereocenters. The second kappa shape index (κ2) is 14.6. The van der Waals surface area contributed by atoms with Gasteiger partial charge in [-0.3, -0.25) is 38.6 Å². The number of nitrogens with zero attached hydrogens (tertiary/aromatic N) is 2. The zero-order valence-corrected chi connectivity index (χ0v) is 33.9. The molecule has 2 aliphatic heterocycles. The van der Waals surface area contributed by atoms with Crippen LogP contribution < -0.4 is 0 Å². The zero-order chi connectivity index (χ0) is 41.4. The van der Waals surface area contributed by atoms with E-state index in [1.165, 1.54) is 4.90 Å². The Balaban J connectivity index is 1.03. The predicted molar refractivity (Wildman–Crippen MR) is 233 cm³/mol. The molecular weight excluding hydrogens is 749 g/mol. The molecule has 298 valence electrons. The van der Waals surface area contributed by atoms with E-state index in [-0.39, 0.29) is 41.5 Å². The Morgan fingerprint density at radius 2 is 0.833 bits per heavy atom. The van der Waals surface area contributed by atoms with Crippen LogP contribution in [0.3, 0.4) is 0 Å². The number of unbranched alkanes of at least 4 members (excludes halogenated alkanes) is 6. The summed E-state index contributed by atoms with van der Waals surface area (Å²) < 4.78 is 0. The van der Waals surface area contributed by atoms with Gasteiger partial charge in [0.25, 0.3) is 23.6 Å². The summed E-state index contributed by atoms with van der Waals surface area (Å²) in [6.07, 6.45) is 10.2. The van der Waals surface area contributed by atoms with E-state index in [1.54, 1.807) is 59.5 Å². The number of carbonyl (C=O) groups is 6. The number of benzene rings is 7. The highest BCUT2D eigenvalue weighted by Crippen LogP contribution is 2.47. The van der Waals surface area contributed by atoms with Gasteiger partial charge in [-0.25, -0.2) is 0 Å². The van der Waals surface area contributed by atoms with Crippen molar-refractivity contribution < 1.29 is 28.8 Å². The second-order valence-corrected chi connectivity index (χ2v) is 16.8. The molecule has 0 spiro atoms. The summed E-state index contributed by atoms with van der Waals surface area (Å²) in [6, 6.07) is 26.5. The van der Waals surface area contributed by atoms with Crippen LogP contribution in [0, 0.1) is 0 Å². The van der Waals surface area contributed by atoms with Crippen molar-refractivity contribution in [3.63, 3.8) is 0 Å². The topological polar surface area (TPSA) is 109 Å². The lowest BCUT2D eigenvalue weighted by Crippen LogP contribution is -2.47. The van der Waals surface area contributed by atoms with Crippen LogP contribution in [0.1, 0.15) is 157 Å². The number of ketones is 2. The number of hydrogen-bond acceptors (Lipinski definition) is 6. The first-order valence-electron chi connectivity index (χ1n) is 21.5. The van der Waals surface area contributed by atoms with Crippen LogP contribution in [0.2, 0.25) is 0 Å². The molecule has 8 heteroatoms. The van der Waals surface area contributed by atoms with Gasteiger partial charge in [0.15, 0.2) is 11.6 Å². The molecule has 8 nitrogen and oxygen atoms in total. The van der Waals surface area contributed by atoms with E-state index in [0.717, 1.165) is 96.5 Å². The van der Waals surface area contributed by atoms with Crippen molar-refractivity contribution in [2.45, 2.75) is 90.6 Å². The Bertz CT molecular complexity index is 2900. The summed E-state index contributed by atoms with van der Waals surface area (Å²) in [5.74, 6) is -1.88. The summed E-state index contributed by atoms with van der Waals surface area (Å²) in [7, 11) is 0. The molecule has 3 aliphatic rings. The monoisotopic (exact) mass is 792 g/mol. The van der Waals surface area contributed by atoms with Gasteiger partial charge in [-0.2, -0.15) is 0 Å². The van der Waals surface area contributed by atoms with Gasteiger partial charge < -0.3 is 0 Å². The molecule has 60 heavy (non-hydrogen) atoms. The lowest BCUT2D eigenvalue weighted by Gasteiger charge is -2.35. The molecular formula is C52H44N2O6. The van der Waals surface area contributed by atoms with Gasteiger partial charge >= 0.3 is 0 Å². The van der Waals surface area contributed by atoms with Crippen LogP contribution in [0.5, 0.6) is 0 Å². The third-order valence-corrected chi connectivity index (χ3v) is 13.2. The lowest BCUT2D eigenvalue weighted by molar-refractivity contribution is 0.0514. The van der Waals surface area contributed by atoms with Crippen LogP contribution >= 0.6 is 0 Å². The van der Waals surface area contributed by atoms with Gasteiger partial charge in [0, 0.05) is 61.3 Å². The fourth-order valence-corrected chi connectivity index (χ4v) is 10.3. The van der Waals surface area contributed by atoms with Crippen LogP contribution in [0.25, 0.3) is 43.1 Å². The fourth-order valence-electron chi connectivity index (χ4n) is 10.3. The maximum absolute atomic E-state index is 14.5. The molecule has 0 saturated heterocycles. The standard InChI is InChI=1S/C52H44N2O6/c1-3-5-7-9-13-30(14-10-8-6-4-2)54-51(59)40-25-21-33-31-19-23-38-45-39(24-20-32(43(31)45)34-22-26-41(52(54)60)46(40)44(33)34)50(58)53(49(38)57)28-29-17-18-37-42(27-29)48(56)36-16-12-11-15-35(36)47(37)55/h11-12,15-27,30H,3-10,13-14,28H2,1-2H3. The molecule has 10 rings (SSSR count). The highest BCUT2D eigenvalue weighted by atomic mass is 16.2. The number of rotatable bonds is 13. The van der Waals surface area contributed by atoms with E-state index in [2.05, 4.69) is 13.8 Å². The predicted octanol–water partition coefficient (Wildman–Crippen LogP) is 11.2. The zero-order valence-electron chi connectivity index (χ0n) is 33.9. The first kappa shape index (κ1) is 37.7. The molecule has 0 radical (unpaired) electrons. The number of amides is 4. The Kier molecular flexibility index (Phi) is 9.19. The minimum absolute atomic E-state index is 0.0798. The molecule has 0 atom stereocenters. The molecule has 0 aromatic heterocycles. The minimum atomic E-state index is -0.451. The molecule has 7 aromatic rings. The fraction of sp³-hybridized carbons (Fsp3) is 0.269. The highest BCUT2D eigenvalue weighted by Gasteiger charge is 2.39. The third kappa shape index (κ3) is 5.56. The van der Waals surface area contributed by atoms with E-state index in [1.807, 2.05) is 36.4 Å². The van der Waals surface area contributed by atoms with Crippen LogP contribution in [-0.2, 0) is 6.54 Å². The summed E-state index contributed by atoms with van der Waals surface area (Å²) >= 11 is 0. The van der Waals surface area contributed by atoms with Crippen molar-refractivity contribution in [3.8, 4) is 0 Å². The van der Waals surface area contributed by atoms with Gasteiger partial charge in [0.05, 0.1) is 6.54 Å². The maximum Gasteiger partial charge on any atom is 0.261 e. The van der Waals surface area contributed by atoms with Crippen molar-refractivity contribution in [2.75, 3.05) is 0 Å². The molecule has 1 aliphatic carbocycles. The number of fused-ring (bicyclic) bond motifs is 4. The molecule has 4 amide bonds. The van der Waals surface area contributed by atoms with E-state index in [9.17, 15) is 28.8 Å². The molecule has 0 fully saturated rings. The largest absolute Gasteiger partial charge is 0.289 e. The van der Waals surface area contributed by atoms with E-state index >= 15 is 0 Å². The van der Waals surface area contributed by atoms with Gasteiger partial charge in [0.1, 0.15) is 0 Å². The van der Waals surface area contributed by atoms with E-state index in [0.29, 0.717) is 55.3 Å². The van der Waals surface area contributed by atoms with Gasteiger partial charge in [-0.1, -0.05) is 120 Å². The second-order valence-electron chi connectivity index (χ2n) is 16.8. The SMILES string of the molecule is CCCCCCC(CCCCCC)N1C(=O)c2ccc3c4ccc5c6c(ccc(c7ccc(c2c37)C1=O)c64)C(=O)N(Cc1ccc2c(c1)C(=O)c1ccccc1C2=O)C5=O. The van der Waals surface area contributed by atoms with E-state index < -0.39 is 11.8 Å². The van der Waals surface area contributed by atoms with Crippen molar-refractivity contribution in [1.82, 2.24) is 9.80 Å². The smallest absolute Gasteiger partial charge is 0.261 e. The summed E-state index contributed by atoms with van der Waals surface area (Å²) in [5, 5.41) is 6.23. The van der Waals surface area contributed by atoms with Gasteiger partial charge in [0.2, 0.25) is 0 Å².